The summed E-state index contributed by atoms with van der Waals surface area (Å²) >= 11 is 13.0. The van der Waals surface area contributed by atoms with Crippen molar-refractivity contribution in [2.45, 2.75) is 57.4 Å². The van der Waals surface area contributed by atoms with E-state index in [0.29, 0.717) is 39.7 Å². The standard InChI is InChI=1S/C32H33Cl2N3O5/c1-32(2,3)42-31(40)36-16-15-22(18-36)37-28(25-14-13-21(33)17-26(25)34)27(23-11-7-8-12-24(23)30(37)39)29(38)35-41-19-20-9-5-4-6-10-20/h4-14,17,22,27-28H,15-16,18-19H2,1-3H3,(H,35,38). The SMILES string of the molecule is CC(C)(C)OC(=O)N1CCC(N2C(=O)c3ccccc3C(C(=O)NOCc3ccccc3)C2c2ccc(Cl)cc2Cl)C1. The Bertz CT molecular complexity index is 1480. The predicted molar refractivity (Wildman–Crippen MR) is 160 cm³/mol. The molecule has 2 aliphatic rings. The van der Waals surface area contributed by atoms with Crippen molar-refractivity contribution in [3.63, 3.8) is 0 Å². The number of hydrogen-bond acceptors (Lipinski definition) is 5. The molecule has 1 saturated heterocycles. The molecule has 3 unspecified atom stereocenters. The monoisotopic (exact) mass is 609 g/mol. The summed E-state index contributed by atoms with van der Waals surface area (Å²) in [4.78, 5) is 50.0. The molecule has 8 nitrogen and oxygen atoms in total. The Morgan fingerprint density at radius 1 is 0.976 bits per heavy atom. The fourth-order valence-corrected chi connectivity index (χ4v) is 6.12. The summed E-state index contributed by atoms with van der Waals surface area (Å²) in [6, 6.07) is 20.4. The Morgan fingerprint density at radius 3 is 2.40 bits per heavy atom. The normalized spacial score (nSPS) is 20.3. The summed E-state index contributed by atoms with van der Waals surface area (Å²) in [5.41, 5.74) is 4.41. The largest absolute Gasteiger partial charge is 0.444 e. The van der Waals surface area contributed by atoms with Gasteiger partial charge in [0.15, 0.2) is 0 Å². The number of nitrogens with one attached hydrogen (secondary N) is 1. The van der Waals surface area contributed by atoms with Gasteiger partial charge in [-0.25, -0.2) is 10.3 Å². The van der Waals surface area contributed by atoms with Crippen molar-refractivity contribution in [3.05, 3.63) is 105 Å². The fourth-order valence-electron chi connectivity index (χ4n) is 5.60. The third-order valence-electron chi connectivity index (χ3n) is 7.40. The van der Waals surface area contributed by atoms with Crippen LogP contribution in [0.2, 0.25) is 10.0 Å². The van der Waals surface area contributed by atoms with E-state index in [0.717, 1.165) is 5.56 Å². The van der Waals surface area contributed by atoms with Crippen molar-refractivity contribution < 1.29 is 24.0 Å². The number of carbonyl (C=O) groups is 3. The fraction of sp³-hybridized carbons (Fsp3) is 0.344. The maximum absolute atomic E-state index is 14.2. The maximum Gasteiger partial charge on any atom is 0.410 e. The van der Waals surface area contributed by atoms with Gasteiger partial charge in [0, 0.05) is 28.7 Å². The lowest BCUT2D eigenvalue weighted by Crippen LogP contribution is -2.52. The zero-order chi connectivity index (χ0) is 30.0. The van der Waals surface area contributed by atoms with Gasteiger partial charge in [-0.05, 0) is 62.1 Å². The molecular formula is C32H33Cl2N3O5. The highest BCUT2D eigenvalue weighted by Gasteiger charge is 2.49. The van der Waals surface area contributed by atoms with Gasteiger partial charge in [0.05, 0.1) is 24.6 Å². The van der Waals surface area contributed by atoms with Gasteiger partial charge in [0.2, 0.25) is 0 Å². The highest BCUT2D eigenvalue weighted by molar-refractivity contribution is 6.35. The Morgan fingerprint density at radius 2 is 1.69 bits per heavy atom. The number of ether oxygens (including phenoxy) is 1. The molecule has 1 N–H and O–H groups in total. The molecule has 42 heavy (non-hydrogen) atoms. The van der Waals surface area contributed by atoms with Gasteiger partial charge in [-0.2, -0.15) is 0 Å². The third kappa shape index (κ3) is 6.41. The van der Waals surface area contributed by atoms with Crippen LogP contribution in [0.3, 0.4) is 0 Å². The molecule has 220 valence electrons. The smallest absolute Gasteiger partial charge is 0.410 e. The van der Waals surface area contributed by atoms with Crippen molar-refractivity contribution in [2.75, 3.05) is 13.1 Å². The van der Waals surface area contributed by atoms with E-state index >= 15 is 0 Å². The average Bonchev–Trinajstić information content (AvgIpc) is 3.43. The molecule has 0 bridgehead atoms. The van der Waals surface area contributed by atoms with Gasteiger partial charge in [0.1, 0.15) is 5.60 Å². The molecule has 1 fully saturated rings. The Balaban J connectivity index is 1.52. The topological polar surface area (TPSA) is 88.2 Å². The molecule has 2 heterocycles. The summed E-state index contributed by atoms with van der Waals surface area (Å²) in [6.45, 7) is 6.26. The number of rotatable bonds is 6. The van der Waals surface area contributed by atoms with Crippen LogP contribution in [-0.2, 0) is 21.0 Å². The first-order valence-electron chi connectivity index (χ1n) is 13.8. The molecule has 0 saturated carbocycles. The van der Waals surface area contributed by atoms with Crippen LogP contribution < -0.4 is 5.48 Å². The van der Waals surface area contributed by atoms with Crippen LogP contribution in [0.15, 0.2) is 72.8 Å². The molecule has 0 spiro atoms. The van der Waals surface area contributed by atoms with Crippen LogP contribution in [0.1, 0.15) is 66.2 Å². The van der Waals surface area contributed by atoms with E-state index in [2.05, 4.69) is 5.48 Å². The summed E-state index contributed by atoms with van der Waals surface area (Å²) in [5.74, 6) is -1.52. The van der Waals surface area contributed by atoms with Crippen LogP contribution in [0.5, 0.6) is 0 Å². The summed E-state index contributed by atoms with van der Waals surface area (Å²) in [7, 11) is 0. The highest BCUT2D eigenvalue weighted by atomic mass is 35.5. The molecule has 10 heteroatoms. The van der Waals surface area contributed by atoms with Crippen LogP contribution in [0, 0.1) is 0 Å². The van der Waals surface area contributed by atoms with E-state index in [9.17, 15) is 14.4 Å². The molecule has 0 aliphatic carbocycles. The molecule has 3 amide bonds. The molecule has 0 radical (unpaired) electrons. The van der Waals surface area contributed by atoms with Gasteiger partial charge in [-0.3, -0.25) is 14.4 Å². The van der Waals surface area contributed by atoms with Crippen molar-refractivity contribution in [2.24, 2.45) is 0 Å². The van der Waals surface area contributed by atoms with E-state index in [4.69, 9.17) is 32.8 Å². The first kappa shape index (κ1) is 29.9. The van der Waals surface area contributed by atoms with E-state index < -0.39 is 35.6 Å². The van der Waals surface area contributed by atoms with Crippen LogP contribution in [0.4, 0.5) is 4.79 Å². The minimum Gasteiger partial charge on any atom is -0.444 e. The van der Waals surface area contributed by atoms with Gasteiger partial charge in [0.25, 0.3) is 11.8 Å². The average molecular weight is 611 g/mol. The number of likely N-dealkylation sites (tertiary alicyclic amines) is 1. The first-order valence-corrected chi connectivity index (χ1v) is 14.6. The minimum absolute atomic E-state index is 0.170. The summed E-state index contributed by atoms with van der Waals surface area (Å²) < 4.78 is 5.59. The second-order valence-corrected chi connectivity index (χ2v) is 12.3. The van der Waals surface area contributed by atoms with Crippen molar-refractivity contribution in [3.8, 4) is 0 Å². The first-order chi connectivity index (χ1) is 20.0. The van der Waals surface area contributed by atoms with E-state index in [1.54, 1.807) is 52.3 Å². The number of nitrogens with zero attached hydrogens (tertiary/aromatic N) is 2. The Labute approximate surface area is 255 Å². The zero-order valence-electron chi connectivity index (χ0n) is 23.7. The Hall–Kier alpha value is -3.59. The number of hydroxylamine groups is 1. The molecule has 5 rings (SSSR count). The van der Waals surface area contributed by atoms with Crippen molar-refractivity contribution in [1.29, 1.82) is 0 Å². The van der Waals surface area contributed by atoms with Gasteiger partial charge in [-0.1, -0.05) is 77.8 Å². The lowest BCUT2D eigenvalue weighted by molar-refractivity contribution is -0.138. The van der Waals surface area contributed by atoms with Crippen molar-refractivity contribution >= 4 is 41.1 Å². The van der Waals surface area contributed by atoms with Gasteiger partial charge in [-0.15, -0.1) is 0 Å². The molecule has 3 atom stereocenters. The maximum atomic E-state index is 14.2. The number of hydrogen-bond donors (Lipinski definition) is 1. The number of carbonyl (C=O) groups excluding carboxylic acids is 3. The van der Waals surface area contributed by atoms with E-state index in [1.165, 1.54) is 0 Å². The van der Waals surface area contributed by atoms with Gasteiger partial charge >= 0.3 is 6.09 Å². The molecule has 2 aliphatic heterocycles. The second kappa shape index (κ2) is 12.3. The van der Waals surface area contributed by atoms with Crippen LogP contribution in [0.25, 0.3) is 0 Å². The Kier molecular flexibility index (Phi) is 8.78. The third-order valence-corrected chi connectivity index (χ3v) is 7.97. The quantitative estimate of drug-likeness (QED) is 0.321. The number of fused-ring (bicyclic) bond motifs is 1. The summed E-state index contributed by atoms with van der Waals surface area (Å²) in [6.07, 6.45) is 0.0628. The minimum atomic E-state index is -0.857. The number of halogens is 2. The molecule has 3 aromatic rings. The van der Waals surface area contributed by atoms with E-state index in [-0.39, 0.29) is 19.1 Å². The molecule has 3 aromatic carbocycles. The molecular weight excluding hydrogens is 577 g/mol. The molecule has 0 aromatic heterocycles. The predicted octanol–water partition coefficient (Wildman–Crippen LogP) is 6.53. The highest BCUT2D eigenvalue weighted by Crippen LogP contribution is 2.47. The summed E-state index contributed by atoms with van der Waals surface area (Å²) in [5, 5.41) is 0.761. The second-order valence-electron chi connectivity index (χ2n) is 11.5. The van der Waals surface area contributed by atoms with Crippen molar-refractivity contribution in [1.82, 2.24) is 15.3 Å². The van der Waals surface area contributed by atoms with Crippen LogP contribution >= 0.6 is 23.2 Å². The number of amides is 3. The number of benzene rings is 3. The lowest BCUT2D eigenvalue weighted by Gasteiger charge is -2.44. The van der Waals surface area contributed by atoms with Crippen LogP contribution in [-0.4, -0.2) is 52.4 Å². The lowest BCUT2D eigenvalue weighted by atomic mass is 9.78. The van der Waals surface area contributed by atoms with E-state index in [1.807, 2.05) is 51.1 Å². The van der Waals surface area contributed by atoms with Gasteiger partial charge < -0.3 is 14.5 Å². The zero-order valence-corrected chi connectivity index (χ0v) is 25.2.